The maximum atomic E-state index is 11.3. The zero-order chi connectivity index (χ0) is 14.3. The predicted molar refractivity (Wildman–Crippen MR) is 73.8 cm³/mol. The number of hydrogen-bond donors (Lipinski definition) is 1. The summed E-state index contributed by atoms with van der Waals surface area (Å²) in [6.07, 6.45) is 0. The number of benzene rings is 1. The highest BCUT2D eigenvalue weighted by atomic mass is 32.2. The Labute approximate surface area is 113 Å². The van der Waals surface area contributed by atoms with Crippen LogP contribution in [-0.2, 0) is 21.1 Å². The van der Waals surface area contributed by atoms with Crippen molar-refractivity contribution in [2.75, 3.05) is 25.2 Å². The number of carbonyl (C=O) groups is 1. The number of carbonyl (C=O) groups excluding carboxylic acids is 1. The quantitative estimate of drug-likeness (QED) is 0.597. The SMILES string of the molecule is CCS(=O)(=O)CCNCc1ccc(C(=O)OC)cc1. The van der Waals surface area contributed by atoms with E-state index in [0.717, 1.165) is 5.56 Å². The molecule has 0 atom stereocenters. The van der Waals surface area contributed by atoms with E-state index in [1.165, 1.54) is 7.11 Å². The Bertz CT molecular complexity index is 508. The minimum atomic E-state index is -2.92. The van der Waals surface area contributed by atoms with E-state index in [9.17, 15) is 13.2 Å². The second-order valence-electron chi connectivity index (χ2n) is 4.10. The second-order valence-corrected chi connectivity index (χ2v) is 6.57. The van der Waals surface area contributed by atoms with Gasteiger partial charge in [-0.05, 0) is 17.7 Å². The van der Waals surface area contributed by atoms with Crippen molar-refractivity contribution < 1.29 is 17.9 Å². The summed E-state index contributed by atoms with van der Waals surface area (Å²) in [5.74, 6) is -0.0553. The molecule has 0 radical (unpaired) electrons. The van der Waals surface area contributed by atoms with Crippen molar-refractivity contribution in [1.29, 1.82) is 0 Å². The lowest BCUT2D eigenvalue weighted by Gasteiger charge is -2.06. The summed E-state index contributed by atoms with van der Waals surface area (Å²) in [7, 11) is -1.58. The lowest BCUT2D eigenvalue weighted by molar-refractivity contribution is 0.0600. The molecule has 0 aliphatic heterocycles. The summed E-state index contributed by atoms with van der Waals surface area (Å²) in [6.45, 7) is 2.64. The average molecular weight is 285 g/mol. The van der Waals surface area contributed by atoms with Gasteiger partial charge < -0.3 is 10.1 Å². The van der Waals surface area contributed by atoms with E-state index >= 15 is 0 Å². The van der Waals surface area contributed by atoms with Crippen LogP contribution in [0.5, 0.6) is 0 Å². The van der Waals surface area contributed by atoms with Gasteiger partial charge in [0.2, 0.25) is 0 Å². The molecule has 0 bridgehead atoms. The van der Waals surface area contributed by atoms with Crippen LogP contribution in [0.4, 0.5) is 0 Å². The summed E-state index contributed by atoms with van der Waals surface area (Å²) in [6, 6.07) is 7.00. The van der Waals surface area contributed by atoms with Crippen LogP contribution in [0.25, 0.3) is 0 Å². The van der Waals surface area contributed by atoms with E-state index in [1.54, 1.807) is 19.1 Å². The van der Waals surface area contributed by atoms with Crippen molar-refractivity contribution in [3.63, 3.8) is 0 Å². The van der Waals surface area contributed by atoms with Gasteiger partial charge in [-0.2, -0.15) is 0 Å². The van der Waals surface area contributed by atoms with Crippen molar-refractivity contribution in [2.45, 2.75) is 13.5 Å². The molecule has 1 N–H and O–H groups in total. The second kappa shape index (κ2) is 7.25. The fraction of sp³-hybridized carbons (Fsp3) is 0.462. The van der Waals surface area contributed by atoms with Crippen LogP contribution in [0.1, 0.15) is 22.8 Å². The number of esters is 1. The Morgan fingerprint density at radius 1 is 1.26 bits per heavy atom. The standard InChI is InChI=1S/C13H19NO4S/c1-3-19(16,17)9-8-14-10-11-4-6-12(7-5-11)13(15)18-2/h4-7,14H,3,8-10H2,1-2H3. The topological polar surface area (TPSA) is 72.5 Å². The van der Waals surface area contributed by atoms with Gasteiger partial charge in [0.25, 0.3) is 0 Å². The lowest BCUT2D eigenvalue weighted by Crippen LogP contribution is -2.23. The predicted octanol–water partition coefficient (Wildman–Crippen LogP) is 0.997. The summed E-state index contributed by atoms with van der Waals surface area (Å²) < 4.78 is 27.1. The van der Waals surface area contributed by atoms with Gasteiger partial charge in [-0.15, -0.1) is 0 Å². The first-order valence-electron chi connectivity index (χ1n) is 6.07. The minimum Gasteiger partial charge on any atom is -0.465 e. The number of hydrogen-bond acceptors (Lipinski definition) is 5. The molecule has 5 nitrogen and oxygen atoms in total. The molecule has 0 saturated carbocycles. The Morgan fingerprint density at radius 2 is 1.89 bits per heavy atom. The Balaban J connectivity index is 2.40. The summed E-state index contributed by atoms with van der Waals surface area (Å²) in [4.78, 5) is 11.2. The van der Waals surface area contributed by atoms with Gasteiger partial charge in [0.15, 0.2) is 9.84 Å². The third kappa shape index (κ3) is 5.40. The molecule has 1 aromatic rings. The fourth-order valence-electron chi connectivity index (χ4n) is 1.48. The van der Waals surface area contributed by atoms with Crippen LogP contribution in [0.2, 0.25) is 0 Å². The maximum Gasteiger partial charge on any atom is 0.337 e. The van der Waals surface area contributed by atoms with E-state index in [2.05, 4.69) is 10.1 Å². The first-order chi connectivity index (χ1) is 8.98. The van der Waals surface area contributed by atoms with Crippen molar-refractivity contribution in [2.24, 2.45) is 0 Å². The highest BCUT2D eigenvalue weighted by Gasteiger charge is 2.06. The van der Waals surface area contributed by atoms with E-state index in [1.807, 2.05) is 12.1 Å². The van der Waals surface area contributed by atoms with Crippen LogP contribution in [0, 0.1) is 0 Å². The number of ether oxygens (including phenoxy) is 1. The van der Waals surface area contributed by atoms with E-state index in [4.69, 9.17) is 0 Å². The zero-order valence-corrected chi connectivity index (χ0v) is 12.0. The number of methoxy groups -OCH3 is 1. The molecule has 0 aromatic heterocycles. The molecule has 0 aliphatic rings. The molecule has 1 rings (SSSR count). The highest BCUT2D eigenvalue weighted by Crippen LogP contribution is 2.05. The van der Waals surface area contributed by atoms with Crippen molar-refractivity contribution in [3.05, 3.63) is 35.4 Å². The van der Waals surface area contributed by atoms with Crippen molar-refractivity contribution in [3.8, 4) is 0 Å². The lowest BCUT2D eigenvalue weighted by atomic mass is 10.1. The third-order valence-corrected chi connectivity index (χ3v) is 4.44. The van der Waals surface area contributed by atoms with Gasteiger partial charge in [-0.25, -0.2) is 13.2 Å². The maximum absolute atomic E-state index is 11.3. The number of sulfone groups is 1. The Morgan fingerprint density at radius 3 is 2.42 bits per heavy atom. The molecule has 0 saturated heterocycles. The van der Waals surface area contributed by atoms with Gasteiger partial charge in [0.05, 0.1) is 18.4 Å². The summed E-state index contributed by atoms with van der Waals surface area (Å²) >= 11 is 0. The van der Waals surface area contributed by atoms with Crippen LogP contribution in [0.3, 0.4) is 0 Å². The Kier molecular flexibility index (Phi) is 5.98. The molecule has 106 valence electrons. The molecular weight excluding hydrogens is 266 g/mol. The first kappa shape index (κ1) is 15.7. The molecule has 6 heteroatoms. The number of rotatable bonds is 7. The van der Waals surface area contributed by atoms with Gasteiger partial charge >= 0.3 is 5.97 Å². The molecule has 0 heterocycles. The van der Waals surface area contributed by atoms with Crippen molar-refractivity contribution in [1.82, 2.24) is 5.32 Å². The fourth-order valence-corrected chi connectivity index (χ4v) is 2.23. The smallest absolute Gasteiger partial charge is 0.337 e. The number of nitrogens with one attached hydrogen (secondary N) is 1. The van der Waals surface area contributed by atoms with Crippen LogP contribution in [0.15, 0.2) is 24.3 Å². The molecule has 0 fully saturated rings. The highest BCUT2D eigenvalue weighted by molar-refractivity contribution is 7.91. The van der Waals surface area contributed by atoms with Gasteiger partial charge in [0.1, 0.15) is 0 Å². The van der Waals surface area contributed by atoms with E-state index in [0.29, 0.717) is 18.7 Å². The molecule has 0 amide bonds. The minimum absolute atomic E-state index is 0.143. The summed E-state index contributed by atoms with van der Waals surface area (Å²) in [5.41, 5.74) is 1.49. The average Bonchev–Trinajstić information content (AvgIpc) is 2.43. The zero-order valence-electron chi connectivity index (χ0n) is 11.2. The molecular formula is C13H19NO4S. The van der Waals surface area contributed by atoms with Crippen LogP contribution >= 0.6 is 0 Å². The van der Waals surface area contributed by atoms with Gasteiger partial charge in [0, 0.05) is 18.8 Å². The first-order valence-corrected chi connectivity index (χ1v) is 7.89. The third-order valence-electron chi connectivity index (χ3n) is 2.73. The molecule has 0 aliphatic carbocycles. The normalized spacial score (nSPS) is 11.3. The largest absolute Gasteiger partial charge is 0.465 e. The van der Waals surface area contributed by atoms with Crippen molar-refractivity contribution >= 4 is 15.8 Å². The molecule has 0 spiro atoms. The Hall–Kier alpha value is -1.40. The van der Waals surface area contributed by atoms with E-state index in [-0.39, 0.29) is 17.5 Å². The van der Waals surface area contributed by atoms with Crippen LogP contribution in [-0.4, -0.2) is 39.5 Å². The summed E-state index contributed by atoms with van der Waals surface area (Å²) in [5, 5.41) is 3.06. The van der Waals surface area contributed by atoms with Gasteiger partial charge in [-0.1, -0.05) is 19.1 Å². The van der Waals surface area contributed by atoms with E-state index < -0.39 is 9.84 Å². The monoisotopic (exact) mass is 285 g/mol. The van der Waals surface area contributed by atoms with Gasteiger partial charge in [-0.3, -0.25) is 0 Å². The molecule has 19 heavy (non-hydrogen) atoms. The van der Waals surface area contributed by atoms with Crippen LogP contribution < -0.4 is 5.32 Å². The molecule has 1 aromatic carbocycles. The molecule has 0 unspecified atom stereocenters.